The molecule has 3 saturated heterocycles. The molecule has 0 aliphatic carbocycles. The molecule has 0 N–H and O–H groups in total. The van der Waals surface area contributed by atoms with E-state index in [2.05, 4.69) is 34.3 Å². The summed E-state index contributed by atoms with van der Waals surface area (Å²) in [7, 11) is 0. The third-order valence-corrected chi connectivity index (χ3v) is 5.88. The van der Waals surface area contributed by atoms with Crippen LogP contribution in [0.3, 0.4) is 0 Å². The van der Waals surface area contributed by atoms with Gasteiger partial charge in [0.15, 0.2) is 0 Å². The van der Waals surface area contributed by atoms with Gasteiger partial charge in [0.1, 0.15) is 0 Å². The van der Waals surface area contributed by atoms with E-state index in [0.717, 1.165) is 44.8 Å². The third kappa shape index (κ3) is 3.16. The van der Waals surface area contributed by atoms with Gasteiger partial charge >= 0.3 is 0 Å². The summed E-state index contributed by atoms with van der Waals surface area (Å²) in [5, 5.41) is 12.5. The number of anilines is 1. The molecule has 2 bridgehead atoms. The lowest BCUT2D eigenvalue weighted by molar-refractivity contribution is -0.0292. The number of aryl methyl sites for hydroxylation is 1. The van der Waals surface area contributed by atoms with Crippen molar-refractivity contribution in [3.8, 4) is 0 Å². The van der Waals surface area contributed by atoms with E-state index < -0.39 is 0 Å². The Balaban J connectivity index is 1.40. The SMILES string of the molecule is CCC1CN(c2nnnn2CCC2CC3CCC2O3)CC(CC)O1. The monoisotopic (exact) mass is 335 g/mol. The summed E-state index contributed by atoms with van der Waals surface area (Å²) in [4.78, 5) is 2.31. The highest BCUT2D eigenvalue weighted by molar-refractivity contribution is 5.29. The summed E-state index contributed by atoms with van der Waals surface area (Å²) in [5.74, 6) is 1.58. The molecular weight excluding hydrogens is 306 g/mol. The lowest BCUT2D eigenvalue weighted by atomic mass is 9.87. The van der Waals surface area contributed by atoms with Gasteiger partial charge in [-0.15, -0.1) is 0 Å². The van der Waals surface area contributed by atoms with Gasteiger partial charge in [0, 0.05) is 19.6 Å². The number of rotatable bonds is 6. The lowest BCUT2D eigenvalue weighted by Gasteiger charge is -2.37. The van der Waals surface area contributed by atoms with E-state index in [4.69, 9.17) is 9.47 Å². The van der Waals surface area contributed by atoms with Crippen molar-refractivity contribution in [1.82, 2.24) is 20.2 Å². The molecule has 4 heterocycles. The maximum Gasteiger partial charge on any atom is 0.245 e. The minimum absolute atomic E-state index is 0.271. The number of hydrogen-bond acceptors (Lipinski definition) is 6. The summed E-state index contributed by atoms with van der Waals surface area (Å²) in [6.45, 7) is 7.00. The maximum atomic E-state index is 6.09. The van der Waals surface area contributed by atoms with Gasteiger partial charge in [-0.2, -0.15) is 0 Å². The molecule has 0 saturated carbocycles. The number of fused-ring (bicyclic) bond motifs is 2. The second-order valence-electron chi connectivity index (χ2n) is 7.46. The van der Waals surface area contributed by atoms with Crippen molar-refractivity contribution in [2.24, 2.45) is 5.92 Å². The Morgan fingerprint density at radius 1 is 1.08 bits per heavy atom. The molecule has 5 atom stereocenters. The number of morpholine rings is 1. The Hall–Kier alpha value is -1.21. The number of tetrazole rings is 1. The summed E-state index contributed by atoms with van der Waals surface area (Å²) in [6, 6.07) is 0. The van der Waals surface area contributed by atoms with Crippen LogP contribution in [-0.4, -0.2) is 57.7 Å². The molecule has 0 radical (unpaired) electrons. The van der Waals surface area contributed by atoms with Crippen LogP contribution in [0.15, 0.2) is 0 Å². The van der Waals surface area contributed by atoms with Crippen LogP contribution in [0.1, 0.15) is 52.4 Å². The first-order valence-electron chi connectivity index (χ1n) is 9.58. The van der Waals surface area contributed by atoms with E-state index in [0.29, 0.717) is 18.1 Å². The summed E-state index contributed by atoms with van der Waals surface area (Å²) >= 11 is 0. The molecule has 0 aromatic carbocycles. The van der Waals surface area contributed by atoms with Crippen LogP contribution in [0, 0.1) is 5.92 Å². The maximum absolute atomic E-state index is 6.09. The molecule has 7 nitrogen and oxygen atoms in total. The Morgan fingerprint density at radius 2 is 1.88 bits per heavy atom. The molecule has 4 rings (SSSR count). The number of ether oxygens (including phenoxy) is 2. The van der Waals surface area contributed by atoms with Gasteiger partial charge in [0.25, 0.3) is 0 Å². The highest BCUT2D eigenvalue weighted by atomic mass is 16.5. The molecule has 134 valence electrons. The van der Waals surface area contributed by atoms with Crippen LogP contribution in [0.2, 0.25) is 0 Å². The van der Waals surface area contributed by atoms with E-state index in [1.54, 1.807) is 0 Å². The molecule has 0 amide bonds. The Kier molecular flexibility index (Phi) is 4.72. The lowest BCUT2D eigenvalue weighted by Crippen LogP contribution is -2.48. The molecule has 1 aromatic rings. The Labute approximate surface area is 143 Å². The van der Waals surface area contributed by atoms with Gasteiger partial charge in [0.2, 0.25) is 5.95 Å². The Bertz CT molecular complexity index is 539. The van der Waals surface area contributed by atoms with Crippen molar-refractivity contribution >= 4 is 5.95 Å². The first-order chi connectivity index (χ1) is 11.8. The molecule has 3 aliphatic heterocycles. The van der Waals surface area contributed by atoms with Crippen molar-refractivity contribution in [2.45, 2.75) is 83.3 Å². The van der Waals surface area contributed by atoms with E-state index in [1.807, 2.05) is 4.68 Å². The standard InChI is InChI=1S/C17H29N5O2/c1-3-13-10-21(11-14(4-2)23-13)17-18-19-20-22(17)8-7-12-9-15-5-6-16(12)24-15/h12-16H,3-11H2,1-2H3. The number of nitrogens with zero attached hydrogens (tertiary/aromatic N) is 5. The zero-order valence-corrected chi connectivity index (χ0v) is 14.8. The topological polar surface area (TPSA) is 65.3 Å². The average molecular weight is 335 g/mol. The van der Waals surface area contributed by atoms with Gasteiger partial charge in [-0.1, -0.05) is 18.9 Å². The van der Waals surface area contributed by atoms with Gasteiger partial charge in [-0.05, 0) is 54.9 Å². The normalized spacial score (nSPS) is 35.8. The molecular formula is C17H29N5O2. The molecule has 3 fully saturated rings. The van der Waals surface area contributed by atoms with E-state index in [-0.39, 0.29) is 12.2 Å². The zero-order valence-electron chi connectivity index (χ0n) is 14.8. The molecule has 1 aromatic heterocycles. The number of hydrogen-bond donors (Lipinski definition) is 0. The van der Waals surface area contributed by atoms with Crippen molar-refractivity contribution in [3.63, 3.8) is 0 Å². The first-order valence-corrected chi connectivity index (χ1v) is 9.58. The highest BCUT2D eigenvalue weighted by Crippen LogP contribution is 2.40. The van der Waals surface area contributed by atoms with E-state index in [9.17, 15) is 0 Å². The first kappa shape index (κ1) is 16.3. The van der Waals surface area contributed by atoms with Gasteiger partial charge < -0.3 is 14.4 Å². The minimum atomic E-state index is 0.271. The van der Waals surface area contributed by atoms with E-state index in [1.165, 1.54) is 19.3 Å². The van der Waals surface area contributed by atoms with Crippen LogP contribution < -0.4 is 4.90 Å². The summed E-state index contributed by atoms with van der Waals surface area (Å²) in [6.07, 6.45) is 8.40. The molecule has 5 unspecified atom stereocenters. The van der Waals surface area contributed by atoms with Crippen LogP contribution in [0.25, 0.3) is 0 Å². The fourth-order valence-electron chi connectivity index (χ4n) is 4.44. The largest absolute Gasteiger partial charge is 0.375 e. The number of aromatic nitrogens is 4. The zero-order chi connectivity index (χ0) is 16.5. The Morgan fingerprint density at radius 3 is 2.50 bits per heavy atom. The summed E-state index contributed by atoms with van der Waals surface area (Å²) < 4.78 is 14.0. The van der Waals surface area contributed by atoms with Crippen LogP contribution >= 0.6 is 0 Å². The molecule has 3 aliphatic rings. The summed E-state index contributed by atoms with van der Waals surface area (Å²) in [5.41, 5.74) is 0. The van der Waals surface area contributed by atoms with Gasteiger partial charge in [-0.25, -0.2) is 4.68 Å². The third-order valence-electron chi connectivity index (χ3n) is 5.88. The van der Waals surface area contributed by atoms with Crippen molar-refractivity contribution in [2.75, 3.05) is 18.0 Å². The predicted molar refractivity (Wildman–Crippen MR) is 89.9 cm³/mol. The van der Waals surface area contributed by atoms with Gasteiger partial charge in [0.05, 0.1) is 24.4 Å². The van der Waals surface area contributed by atoms with Crippen LogP contribution in [0.5, 0.6) is 0 Å². The second kappa shape index (κ2) is 6.96. The molecule has 24 heavy (non-hydrogen) atoms. The smallest absolute Gasteiger partial charge is 0.245 e. The van der Waals surface area contributed by atoms with Crippen LogP contribution in [0.4, 0.5) is 5.95 Å². The second-order valence-corrected chi connectivity index (χ2v) is 7.46. The van der Waals surface area contributed by atoms with Crippen molar-refractivity contribution in [3.05, 3.63) is 0 Å². The van der Waals surface area contributed by atoms with Crippen molar-refractivity contribution < 1.29 is 9.47 Å². The molecule has 0 spiro atoms. The van der Waals surface area contributed by atoms with Gasteiger partial charge in [-0.3, -0.25) is 0 Å². The molecule has 7 heteroatoms. The predicted octanol–water partition coefficient (Wildman–Crippen LogP) is 2.02. The fraction of sp³-hybridized carbons (Fsp3) is 0.941. The fourth-order valence-corrected chi connectivity index (χ4v) is 4.44. The average Bonchev–Trinajstić information content (AvgIpc) is 3.35. The van der Waals surface area contributed by atoms with Crippen molar-refractivity contribution in [1.29, 1.82) is 0 Å². The quantitative estimate of drug-likeness (QED) is 0.792. The highest BCUT2D eigenvalue weighted by Gasteiger charge is 2.40. The van der Waals surface area contributed by atoms with Crippen LogP contribution in [-0.2, 0) is 16.0 Å². The van der Waals surface area contributed by atoms with E-state index >= 15 is 0 Å². The minimum Gasteiger partial charge on any atom is -0.375 e.